The molecule has 3 rings (SSSR count). The van der Waals surface area contributed by atoms with Crippen molar-refractivity contribution in [3.05, 3.63) is 57.2 Å². The van der Waals surface area contributed by atoms with E-state index in [2.05, 4.69) is 10.1 Å². The smallest absolute Gasteiger partial charge is 0.242 e. The highest BCUT2D eigenvalue weighted by molar-refractivity contribution is 7.88. The number of sulfonamides is 1. The molecule has 0 bridgehead atoms. The minimum absolute atomic E-state index is 0.0124. The number of rotatable bonds is 7. The van der Waals surface area contributed by atoms with Crippen molar-refractivity contribution in [1.29, 1.82) is 0 Å². The van der Waals surface area contributed by atoms with Crippen LogP contribution in [-0.4, -0.2) is 29.4 Å². The minimum atomic E-state index is -3.59. The van der Waals surface area contributed by atoms with E-state index in [9.17, 15) is 8.42 Å². The van der Waals surface area contributed by atoms with E-state index < -0.39 is 10.0 Å². The molecule has 0 fully saturated rings. The number of aromatic nitrogens is 2. The van der Waals surface area contributed by atoms with Crippen molar-refractivity contribution in [1.82, 2.24) is 14.4 Å². The summed E-state index contributed by atoms with van der Waals surface area (Å²) < 4.78 is 32.0. The van der Waals surface area contributed by atoms with Gasteiger partial charge in [-0.25, -0.2) is 8.42 Å². The number of hydrogen-bond acceptors (Lipinski definition) is 6. The van der Waals surface area contributed by atoms with Crippen LogP contribution in [0.4, 0.5) is 0 Å². The zero-order chi connectivity index (χ0) is 18.7. The van der Waals surface area contributed by atoms with E-state index in [1.54, 1.807) is 25.1 Å². The molecule has 3 aromatic rings. The normalized spacial score (nSPS) is 12.0. The van der Waals surface area contributed by atoms with E-state index in [4.69, 9.17) is 27.7 Å². The summed E-state index contributed by atoms with van der Waals surface area (Å²) in [7, 11) is -3.59. The molecule has 0 atom stereocenters. The summed E-state index contributed by atoms with van der Waals surface area (Å²) in [5.74, 6) is 0.504. The van der Waals surface area contributed by atoms with Gasteiger partial charge >= 0.3 is 0 Å². The molecular weight excluding hydrogens is 417 g/mol. The van der Waals surface area contributed by atoms with Gasteiger partial charge in [0.05, 0.1) is 27.2 Å². The molecule has 0 aliphatic carbocycles. The van der Waals surface area contributed by atoms with Crippen LogP contribution >= 0.6 is 34.5 Å². The van der Waals surface area contributed by atoms with Crippen molar-refractivity contribution in [2.75, 3.05) is 6.54 Å². The zero-order valence-corrected chi connectivity index (χ0v) is 16.9. The Hall–Kier alpha value is -1.45. The quantitative estimate of drug-likeness (QED) is 0.551. The Balaban J connectivity index is 1.75. The fourth-order valence-electron chi connectivity index (χ4n) is 2.31. The number of thiophene rings is 1. The van der Waals surface area contributed by atoms with Crippen molar-refractivity contribution in [3.63, 3.8) is 0 Å². The summed E-state index contributed by atoms with van der Waals surface area (Å²) in [6, 6.07) is 8.53. The fraction of sp³-hybridized carbons (Fsp3) is 0.250. The maximum Gasteiger partial charge on any atom is 0.242 e. The minimum Gasteiger partial charge on any atom is -0.337 e. The molecular formula is C16H15Cl2N3O3S2. The zero-order valence-electron chi connectivity index (χ0n) is 13.7. The number of hydrogen-bond donors (Lipinski definition) is 0. The molecule has 6 nitrogen and oxygen atoms in total. The van der Waals surface area contributed by atoms with Crippen LogP contribution in [0, 0.1) is 0 Å². The fourth-order valence-corrected chi connectivity index (χ4v) is 4.77. The average molecular weight is 432 g/mol. The van der Waals surface area contributed by atoms with Gasteiger partial charge in [-0.05, 0) is 29.1 Å². The van der Waals surface area contributed by atoms with E-state index in [0.717, 1.165) is 4.88 Å². The Morgan fingerprint density at radius 1 is 1.23 bits per heavy atom. The molecule has 2 aromatic heterocycles. The summed E-state index contributed by atoms with van der Waals surface area (Å²) in [5, 5.41) is 6.51. The van der Waals surface area contributed by atoms with Crippen LogP contribution in [0.2, 0.25) is 10.0 Å². The molecule has 0 aliphatic rings. The lowest BCUT2D eigenvalue weighted by Crippen LogP contribution is -2.31. The van der Waals surface area contributed by atoms with Gasteiger partial charge in [-0.1, -0.05) is 47.4 Å². The molecule has 0 spiro atoms. The van der Waals surface area contributed by atoms with Gasteiger partial charge in [-0.15, -0.1) is 11.3 Å². The first-order valence-electron chi connectivity index (χ1n) is 7.67. The van der Waals surface area contributed by atoms with E-state index in [0.29, 0.717) is 21.4 Å². The molecule has 0 saturated carbocycles. The highest BCUT2D eigenvalue weighted by Gasteiger charge is 2.24. The third kappa shape index (κ3) is 4.44. The third-order valence-electron chi connectivity index (χ3n) is 3.60. The van der Waals surface area contributed by atoms with Crippen molar-refractivity contribution in [2.45, 2.75) is 19.2 Å². The molecule has 1 aromatic carbocycles. The number of nitrogens with zero attached hydrogens (tertiary/aromatic N) is 3. The summed E-state index contributed by atoms with van der Waals surface area (Å²) in [6.45, 7) is 2.04. The van der Waals surface area contributed by atoms with Gasteiger partial charge in [-0.3, -0.25) is 0 Å². The van der Waals surface area contributed by atoms with Crippen molar-refractivity contribution >= 4 is 44.6 Å². The van der Waals surface area contributed by atoms with Crippen LogP contribution in [0.25, 0.3) is 10.7 Å². The summed E-state index contributed by atoms with van der Waals surface area (Å²) in [4.78, 5) is 5.14. The Labute approximate surface area is 165 Å². The van der Waals surface area contributed by atoms with Crippen molar-refractivity contribution < 1.29 is 12.9 Å². The van der Waals surface area contributed by atoms with Crippen LogP contribution in [-0.2, 0) is 22.3 Å². The van der Waals surface area contributed by atoms with Crippen LogP contribution in [0.15, 0.2) is 40.2 Å². The van der Waals surface area contributed by atoms with Crippen LogP contribution in [0.1, 0.15) is 18.4 Å². The van der Waals surface area contributed by atoms with Gasteiger partial charge in [0.1, 0.15) is 0 Å². The van der Waals surface area contributed by atoms with Gasteiger partial charge in [-0.2, -0.15) is 9.29 Å². The topological polar surface area (TPSA) is 76.3 Å². The summed E-state index contributed by atoms with van der Waals surface area (Å²) in [5.41, 5.74) is 0.558. The standard InChI is InChI=1S/C16H15Cl2N3O3S2/c1-2-21(9-15-19-16(20-24-15)14-4-3-7-25-14)26(22,23)10-11-5-6-12(17)13(18)8-11/h3-8H,2,9-10H2,1H3. The van der Waals surface area contributed by atoms with Crippen molar-refractivity contribution in [3.8, 4) is 10.7 Å². The Kier molecular flexibility index (Phi) is 5.99. The molecule has 0 aliphatic heterocycles. The SMILES string of the molecule is CCN(Cc1nc(-c2cccs2)no1)S(=O)(=O)Cc1ccc(Cl)c(Cl)c1. The summed E-state index contributed by atoms with van der Waals surface area (Å²) >= 11 is 13.3. The molecule has 0 unspecified atom stereocenters. The molecule has 138 valence electrons. The van der Waals surface area contributed by atoms with Crippen LogP contribution in [0.5, 0.6) is 0 Å². The van der Waals surface area contributed by atoms with E-state index >= 15 is 0 Å². The Morgan fingerprint density at radius 3 is 2.69 bits per heavy atom. The number of halogens is 2. The molecule has 0 N–H and O–H groups in total. The molecule has 0 amide bonds. The van der Waals surface area contributed by atoms with Crippen molar-refractivity contribution in [2.24, 2.45) is 0 Å². The van der Waals surface area contributed by atoms with Gasteiger partial charge in [0.15, 0.2) is 0 Å². The summed E-state index contributed by atoms with van der Waals surface area (Å²) in [6.07, 6.45) is 0. The first-order valence-corrected chi connectivity index (χ1v) is 10.9. The number of benzene rings is 1. The molecule has 2 heterocycles. The lowest BCUT2D eigenvalue weighted by Gasteiger charge is -2.18. The monoisotopic (exact) mass is 431 g/mol. The average Bonchev–Trinajstić information content (AvgIpc) is 3.26. The molecule has 0 saturated heterocycles. The highest BCUT2D eigenvalue weighted by atomic mass is 35.5. The van der Waals surface area contributed by atoms with E-state index in [1.165, 1.54) is 15.6 Å². The Morgan fingerprint density at radius 2 is 2.04 bits per heavy atom. The second-order valence-electron chi connectivity index (χ2n) is 5.42. The van der Waals surface area contributed by atoms with Gasteiger partial charge in [0.25, 0.3) is 0 Å². The van der Waals surface area contributed by atoms with E-state index in [-0.39, 0.29) is 24.7 Å². The second-order valence-corrected chi connectivity index (χ2v) is 9.15. The maximum absolute atomic E-state index is 12.7. The third-order valence-corrected chi connectivity index (χ3v) is 7.08. The maximum atomic E-state index is 12.7. The highest BCUT2D eigenvalue weighted by Crippen LogP contribution is 2.25. The second kappa shape index (κ2) is 8.06. The Bertz CT molecular complexity index is 988. The largest absolute Gasteiger partial charge is 0.337 e. The van der Waals surface area contributed by atoms with Gasteiger partial charge in [0.2, 0.25) is 21.7 Å². The van der Waals surface area contributed by atoms with Gasteiger partial charge < -0.3 is 4.52 Å². The van der Waals surface area contributed by atoms with Crippen LogP contribution < -0.4 is 0 Å². The van der Waals surface area contributed by atoms with Gasteiger partial charge in [0, 0.05) is 6.54 Å². The lowest BCUT2D eigenvalue weighted by atomic mass is 10.2. The van der Waals surface area contributed by atoms with Crippen LogP contribution in [0.3, 0.4) is 0 Å². The lowest BCUT2D eigenvalue weighted by molar-refractivity contribution is 0.321. The first-order chi connectivity index (χ1) is 12.4. The van der Waals surface area contributed by atoms with E-state index in [1.807, 2.05) is 17.5 Å². The predicted octanol–water partition coefficient (Wildman–Crippen LogP) is 4.46. The first kappa shape index (κ1) is 19.3. The molecule has 10 heteroatoms. The molecule has 26 heavy (non-hydrogen) atoms. The predicted molar refractivity (Wildman–Crippen MR) is 103 cm³/mol. The molecule has 0 radical (unpaired) electrons.